The van der Waals surface area contributed by atoms with Crippen LogP contribution in [0.5, 0.6) is 0 Å². The van der Waals surface area contributed by atoms with E-state index < -0.39 is 11.4 Å². The first-order valence-electron chi connectivity index (χ1n) is 7.62. The SMILES string of the molecule is CCC(CC)CC(=O)N1C[C@@H]2CCOC[C@]2(C(=O)O)C1. The van der Waals surface area contributed by atoms with Gasteiger partial charge in [0.1, 0.15) is 5.41 Å². The minimum absolute atomic E-state index is 0.0411. The Balaban J connectivity index is 2.05. The Morgan fingerprint density at radius 1 is 1.40 bits per heavy atom. The molecule has 2 fully saturated rings. The number of likely N-dealkylation sites (tertiary alicyclic amines) is 1. The van der Waals surface area contributed by atoms with Gasteiger partial charge in [-0.1, -0.05) is 26.7 Å². The maximum absolute atomic E-state index is 12.4. The summed E-state index contributed by atoms with van der Waals surface area (Å²) < 4.78 is 5.38. The summed E-state index contributed by atoms with van der Waals surface area (Å²) in [4.78, 5) is 25.8. The summed E-state index contributed by atoms with van der Waals surface area (Å²) in [5.74, 6) is -0.268. The minimum Gasteiger partial charge on any atom is -0.481 e. The van der Waals surface area contributed by atoms with Crippen LogP contribution in [0.2, 0.25) is 0 Å². The number of carboxylic acid groups (broad SMARTS) is 1. The van der Waals surface area contributed by atoms with E-state index >= 15 is 0 Å². The molecule has 114 valence electrons. The zero-order chi connectivity index (χ0) is 14.8. The van der Waals surface area contributed by atoms with E-state index in [0.29, 0.717) is 32.0 Å². The van der Waals surface area contributed by atoms with Crippen LogP contribution in [0.4, 0.5) is 0 Å². The van der Waals surface area contributed by atoms with E-state index in [4.69, 9.17) is 4.74 Å². The van der Waals surface area contributed by atoms with E-state index in [2.05, 4.69) is 13.8 Å². The molecule has 0 aliphatic carbocycles. The first kappa shape index (κ1) is 15.3. The normalized spacial score (nSPS) is 29.6. The lowest BCUT2D eigenvalue weighted by Gasteiger charge is -2.33. The van der Waals surface area contributed by atoms with Gasteiger partial charge in [-0.15, -0.1) is 0 Å². The van der Waals surface area contributed by atoms with Crippen LogP contribution in [-0.4, -0.2) is 48.2 Å². The van der Waals surface area contributed by atoms with Crippen LogP contribution in [0.25, 0.3) is 0 Å². The second-order valence-corrected chi connectivity index (χ2v) is 6.16. The third-order valence-electron chi connectivity index (χ3n) is 5.06. The van der Waals surface area contributed by atoms with Crippen molar-refractivity contribution in [3.63, 3.8) is 0 Å². The first-order valence-corrected chi connectivity index (χ1v) is 7.62. The second-order valence-electron chi connectivity index (χ2n) is 6.16. The van der Waals surface area contributed by atoms with Crippen LogP contribution in [0.15, 0.2) is 0 Å². The Labute approximate surface area is 120 Å². The molecule has 2 aliphatic rings. The number of aliphatic carboxylic acids is 1. The molecule has 1 amide bonds. The van der Waals surface area contributed by atoms with Crippen LogP contribution in [0, 0.1) is 17.3 Å². The maximum atomic E-state index is 12.4. The Kier molecular flexibility index (Phi) is 4.68. The fraction of sp³-hybridized carbons (Fsp3) is 0.867. The topological polar surface area (TPSA) is 66.8 Å². The minimum atomic E-state index is -0.873. The van der Waals surface area contributed by atoms with Gasteiger partial charge in [0.25, 0.3) is 0 Å². The number of ether oxygens (including phenoxy) is 1. The molecule has 0 aromatic heterocycles. The number of fused-ring (bicyclic) bond motifs is 1. The van der Waals surface area contributed by atoms with Crippen LogP contribution in [0.3, 0.4) is 0 Å². The van der Waals surface area contributed by atoms with Crippen LogP contribution >= 0.6 is 0 Å². The van der Waals surface area contributed by atoms with Crippen molar-refractivity contribution in [2.45, 2.75) is 39.5 Å². The number of carbonyl (C=O) groups excluding carboxylic acids is 1. The zero-order valence-electron chi connectivity index (χ0n) is 12.4. The molecule has 0 aromatic carbocycles. The molecule has 0 radical (unpaired) electrons. The highest BCUT2D eigenvalue weighted by Crippen LogP contribution is 2.42. The van der Waals surface area contributed by atoms with E-state index in [-0.39, 0.29) is 18.4 Å². The number of carboxylic acids is 1. The molecular weight excluding hydrogens is 258 g/mol. The molecule has 0 unspecified atom stereocenters. The third kappa shape index (κ3) is 2.68. The van der Waals surface area contributed by atoms with Crippen molar-refractivity contribution in [3.8, 4) is 0 Å². The summed E-state index contributed by atoms with van der Waals surface area (Å²) in [7, 11) is 0. The predicted octanol–water partition coefficient (Wildman–Crippen LogP) is 1.76. The Hall–Kier alpha value is -1.10. The summed E-state index contributed by atoms with van der Waals surface area (Å²) in [5.41, 5.74) is -0.873. The van der Waals surface area contributed by atoms with E-state index in [9.17, 15) is 14.7 Å². The van der Waals surface area contributed by atoms with Gasteiger partial charge in [-0.2, -0.15) is 0 Å². The van der Waals surface area contributed by atoms with E-state index in [0.717, 1.165) is 19.3 Å². The maximum Gasteiger partial charge on any atom is 0.314 e. The molecule has 5 nitrogen and oxygen atoms in total. The van der Waals surface area contributed by atoms with E-state index in [1.54, 1.807) is 4.90 Å². The van der Waals surface area contributed by atoms with Crippen molar-refractivity contribution in [1.82, 2.24) is 4.90 Å². The summed E-state index contributed by atoms with van der Waals surface area (Å²) in [6.45, 7) is 5.92. The van der Waals surface area contributed by atoms with Crippen LogP contribution in [0.1, 0.15) is 39.5 Å². The Bertz CT molecular complexity index is 380. The highest BCUT2D eigenvalue weighted by Gasteiger charge is 2.55. The highest BCUT2D eigenvalue weighted by atomic mass is 16.5. The molecule has 0 spiro atoms. The van der Waals surface area contributed by atoms with Crippen molar-refractivity contribution in [3.05, 3.63) is 0 Å². The zero-order valence-corrected chi connectivity index (χ0v) is 12.4. The quantitative estimate of drug-likeness (QED) is 0.835. The average molecular weight is 283 g/mol. The molecule has 2 atom stereocenters. The number of hydrogen-bond acceptors (Lipinski definition) is 3. The highest BCUT2D eigenvalue weighted by molar-refractivity contribution is 5.81. The fourth-order valence-electron chi connectivity index (χ4n) is 3.43. The molecule has 0 saturated carbocycles. The molecule has 0 aromatic rings. The third-order valence-corrected chi connectivity index (χ3v) is 5.06. The number of rotatable bonds is 5. The molecule has 20 heavy (non-hydrogen) atoms. The lowest BCUT2D eigenvalue weighted by atomic mass is 9.76. The average Bonchev–Trinajstić information content (AvgIpc) is 2.85. The molecule has 5 heteroatoms. The smallest absolute Gasteiger partial charge is 0.314 e. The van der Waals surface area contributed by atoms with Crippen molar-refractivity contribution >= 4 is 11.9 Å². The van der Waals surface area contributed by atoms with Gasteiger partial charge in [0.2, 0.25) is 5.91 Å². The van der Waals surface area contributed by atoms with Crippen molar-refractivity contribution in [2.75, 3.05) is 26.3 Å². The first-order chi connectivity index (χ1) is 9.53. The van der Waals surface area contributed by atoms with Gasteiger partial charge < -0.3 is 14.7 Å². The Morgan fingerprint density at radius 2 is 2.10 bits per heavy atom. The summed E-state index contributed by atoms with van der Waals surface area (Å²) in [5, 5.41) is 9.55. The monoisotopic (exact) mass is 283 g/mol. The molecule has 2 rings (SSSR count). The van der Waals surface area contributed by atoms with E-state index in [1.165, 1.54) is 0 Å². The van der Waals surface area contributed by atoms with E-state index in [1.807, 2.05) is 0 Å². The number of carbonyl (C=O) groups is 2. The van der Waals surface area contributed by atoms with Crippen LogP contribution in [-0.2, 0) is 14.3 Å². The molecular formula is C15H25NO4. The molecule has 1 N–H and O–H groups in total. The van der Waals surface area contributed by atoms with Crippen LogP contribution < -0.4 is 0 Å². The van der Waals surface area contributed by atoms with Crippen molar-refractivity contribution < 1.29 is 19.4 Å². The van der Waals surface area contributed by atoms with Gasteiger partial charge in [-0.05, 0) is 18.3 Å². The van der Waals surface area contributed by atoms with Crippen molar-refractivity contribution in [1.29, 1.82) is 0 Å². The predicted molar refractivity (Wildman–Crippen MR) is 74.3 cm³/mol. The lowest BCUT2D eigenvalue weighted by Crippen LogP contribution is -2.46. The molecule has 2 saturated heterocycles. The summed E-state index contributed by atoms with van der Waals surface area (Å²) in [6, 6.07) is 0. The van der Waals surface area contributed by atoms with Gasteiger partial charge in [0, 0.05) is 26.1 Å². The van der Waals surface area contributed by atoms with Gasteiger partial charge in [-0.25, -0.2) is 0 Å². The molecule has 2 heterocycles. The van der Waals surface area contributed by atoms with Gasteiger partial charge in [0.05, 0.1) is 6.61 Å². The second kappa shape index (κ2) is 6.12. The van der Waals surface area contributed by atoms with Gasteiger partial charge in [-0.3, -0.25) is 9.59 Å². The largest absolute Gasteiger partial charge is 0.481 e. The molecule has 2 aliphatic heterocycles. The number of hydrogen-bond donors (Lipinski definition) is 1. The number of nitrogens with zero attached hydrogens (tertiary/aromatic N) is 1. The lowest BCUT2D eigenvalue weighted by molar-refractivity contribution is -0.159. The van der Waals surface area contributed by atoms with Gasteiger partial charge in [0.15, 0.2) is 0 Å². The standard InChI is InChI=1S/C15H25NO4/c1-3-11(4-2)7-13(17)16-8-12-5-6-20-10-15(12,9-16)14(18)19/h11-12H,3-10H2,1-2H3,(H,18,19)/t12-,15+/m0/s1. The summed E-state index contributed by atoms with van der Waals surface area (Å²) >= 11 is 0. The van der Waals surface area contributed by atoms with Crippen molar-refractivity contribution in [2.24, 2.45) is 17.3 Å². The molecule has 0 bridgehead atoms. The number of amides is 1. The van der Waals surface area contributed by atoms with Gasteiger partial charge >= 0.3 is 5.97 Å². The Morgan fingerprint density at radius 3 is 2.65 bits per heavy atom. The fourth-order valence-corrected chi connectivity index (χ4v) is 3.43. The summed E-state index contributed by atoms with van der Waals surface area (Å²) in [6.07, 6.45) is 3.26.